The average molecular weight is 186 g/mol. The van der Waals surface area contributed by atoms with Gasteiger partial charge >= 0.3 is 0 Å². The van der Waals surface area contributed by atoms with Crippen LogP contribution in [0.5, 0.6) is 0 Å². The minimum atomic E-state index is 0.464. The zero-order valence-electron chi connectivity index (χ0n) is 7.59. The van der Waals surface area contributed by atoms with Gasteiger partial charge in [0.2, 0.25) is 0 Å². The molecule has 4 heteroatoms. The summed E-state index contributed by atoms with van der Waals surface area (Å²) < 4.78 is 0. The third-order valence-corrected chi connectivity index (χ3v) is 1.93. The number of hydrogen-bond acceptors (Lipinski definition) is 4. The van der Waals surface area contributed by atoms with Crippen molar-refractivity contribution in [1.82, 2.24) is 15.0 Å². The largest absolute Gasteiger partial charge is 0.325 e. The van der Waals surface area contributed by atoms with Crippen LogP contribution in [0.25, 0.3) is 11.1 Å². The Morgan fingerprint density at radius 2 is 1.79 bits per heavy atom. The first-order valence-electron chi connectivity index (χ1n) is 4.30. The lowest BCUT2D eigenvalue weighted by atomic mass is 10.1. The second-order valence-corrected chi connectivity index (χ2v) is 2.87. The molecular formula is C10H10N4. The molecule has 0 fully saturated rings. The summed E-state index contributed by atoms with van der Waals surface area (Å²) in [6.07, 6.45) is 6.80. The molecule has 14 heavy (non-hydrogen) atoms. The van der Waals surface area contributed by atoms with E-state index in [1.165, 1.54) is 6.33 Å². The van der Waals surface area contributed by atoms with Crippen LogP contribution in [0.3, 0.4) is 0 Å². The number of rotatable bonds is 2. The Bertz CT molecular complexity index is 396. The van der Waals surface area contributed by atoms with Gasteiger partial charge in [0, 0.05) is 36.3 Å². The van der Waals surface area contributed by atoms with Crippen LogP contribution in [-0.2, 0) is 6.54 Å². The smallest absolute Gasteiger partial charge is 0.115 e. The molecule has 0 unspecified atom stereocenters. The van der Waals surface area contributed by atoms with Crippen LogP contribution in [0.1, 0.15) is 5.69 Å². The molecule has 2 heterocycles. The Kier molecular flexibility index (Phi) is 2.46. The molecule has 0 radical (unpaired) electrons. The van der Waals surface area contributed by atoms with Crippen molar-refractivity contribution in [3.63, 3.8) is 0 Å². The zero-order valence-corrected chi connectivity index (χ0v) is 7.59. The quantitative estimate of drug-likeness (QED) is 0.759. The van der Waals surface area contributed by atoms with Gasteiger partial charge in [0.05, 0.1) is 5.69 Å². The van der Waals surface area contributed by atoms with Crippen molar-refractivity contribution in [3.8, 4) is 11.1 Å². The lowest BCUT2D eigenvalue weighted by Crippen LogP contribution is -1.98. The molecule has 2 rings (SSSR count). The number of nitrogens with zero attached hydrogens (tertiary/aromatic N) is 3. The molecule has 0 amide bonds. The average Bonchev–Trinajstić information content (AvgIpc) is 2.30. The van der Waals surface area contributed by atoms with E-state index in [-0.39, 0.29) is 0 Å². The fourth-order valence-corrected chi connectivity index (χ4v) is 1.16. The van der Waals surface area contributed by atoms with Gasteiger partial charge < -0.3 is 5.73 Å². The summed E-state index contributed by atoms with van der Waals surface area (Å²) in [6.45, 7) is 0.464. The van der Waals surface area contributed by atoms with E-state index in [4.69, 9.17) is 5.73 Å². The normalized spacial score (nSPS) is 10.1. The number of nitrogens with two attached hydrogens (primary N) is 1. The molecule has 0 saturated heterocycles. The zero-order chi connectivity index (χ0) is 9.80. The van der Waals surface area contributed by atoms with Gasteiger partial charge in [0.25, 0.3) is 0 Å². The van der Waals surface area contributed by atoms with Crippen molar-refractivity contribution in [3.05, 3.63) is 42.7 Å². The minimum Gasteiger partial charge on any atom is -0.325 e. The van der Waals surface area contributed by atoms with Gasteiger partial charge in [0.1, 0.15) is 6.33 Å². The number of pyridine rings is 1. The Hall–Kier alpha value is -1.81. The van der Waals surface area contributed by atoms with Crippen molar-refractivity contribution in [1.29, 1.82) is 0 Å². The van der Waals surface area contributed by atoms with Crippen molar-refractivity contribution >= 4 is 0 Å². The van der Waals surface area contributed by atoms with E-state index in [0.29, 0.717) is 6.54 Å². The van der Waals surface area contributed by atoms with Crippen LogP contribution in [0.15, 0.2) is 37.1 Å². The highest BCUT2D eigenvalue weighted by atomic mass is 14.8. The lowest BCUT2D eigenvalue weighted by Gasteiger charge is -2.00. The highest BCUT2D eigenvalue weighted by molar-refractivity contribution is 5.59. The molecule has 0 saturated carbocycles. The summed E-state index contributed by atoms with van der Waals surface area (Å²) in [5.74, 6) is 0. The summed E-state index contributed by atoms with van der Waals surface area (Å²) in [7, 11) is 0. The minimum absolute atomic E-state index is 0.464. The van der Waals surface area contributed by atoms with Crippen LogP contribution in [-0.4, -0.2) is 15.0 Å². The Morgan fingerprint density at radius 3 is 2.36 bits per heavy atom. The summed E-state index contributed by atoms with van der Waals surface area (Å²) >= 11 is 0. The predicted molar refractivity (Wildman–Crippen MR) is 53.2 cm³/mol. The van der Waals surface area contributed by atoms with E-state index in [1.54, 1.807) is 18.6 Å². The van der Waals surface area contributed by atoms with E-state index < -0.39 is 0 Å². The van der Waals surface area contributed by atoms with E-state index in [0.717, 1.165) is 16.8 Å². The van der Waals surface area contributed by atoms with Gasteiger partial charge in [-0.1, -0.05) is 6.07 Å². The monoisotopic (exact) mass is 186 g/mol. The molecule has 0 spiro atoms. The molecule has 0 bridgehead atoms. The highest BCUT2D eigenvalue weighted by Crippen LogP contribution is 2.15. The summed E-state index contributed by atoms with van der Waals surface area (Å²) in [5, 5.41) is 0. The second kappa shape index (κ2) is 3.93. The lowest BCUT2D eigenvalue weighted by molar-refractivity contribution is 0.991. The molecule has 2 aromatic rings. The van der Waals surface area contributed by atoms with Crippen LogP contribution in [0.4, 0.5) is 0 Å². The fraction of sp³-hybridized carbons (Fsp3) is 0.100. The number of hydrogen-bond donors (Lipinski definition) is 1. The van der Waals surface area contributed by atoms with Crippen LogP contribution in [0.2, 0.25) is 0 Å². The van der Waals surface area contributed by atoms with Gasteiger partial charge in [0.15, 0.2) is 0 Å². The molecule has 0 aliphatic heterocycles. The van der Waals surface area contributed by atoms with Crippen molar-refractivity contribution in [2.75, 3.05) is 0 Å². The summed E-state index contributed by atoms with van der Waals surface area (Å²) in [5.41, 5.74) is 8.30. The second-order valence-electron chi connectivity index (χ2n) is 2.87. The number of aromatic nitrogens is 3. The first-order chi connectivity index (χ1) is 6.90. The fourth-order valence-electron chi connectivity index (χ4n) is 1.16. The molecule has 4 nitrogen and oxygen atoms in total. The molecule has 0 aliphatic rings. The van der Waals surface area contributed by atoms with Gasteiger partial charge in [-0.25, -0.2) is 9.97 Å². The predicted octanol–water partition coefficient (Wildman–Crippen LogP) is 0.997. The molecule has 2 aromatic heterocycles. The first kappa shape index (κ1) is 8.77. The van der Waals surface area contributed by atoms with Crippen molar-refractivity contribution < 1.29 is 0 Å². The molecule has 2 N–H and O–H groups in total. The molecule has 70 valence electrons. The van der Waals surface area contributed by atoms with Crippen molar-refractivity contribution in [2.24, 2.45) is 5.73 Å². The molecule has 0 atom stereocenters. The first-order valence-corrected chi connectivity index (χ1v) is 4.30. The van der Waals surface area contributed by atoms with Gasteiger partial charge in [-0.05, 0) is 6.07 Å². The third-order valence-electron chi connectivity index (χ3n) is 1.93. The summed E-state index contributed by atoms with van der Waals surface area (Å²) in [4.78, 5) is 12.1. The van der Waals surface area contributed by atoms with Crippen LogP contribution >= 0.6 is 0 Å². The Morgan fingerprint density at radius 1 is 1.00 bits per heavy atom. The summed E-state index contributed by atoms with van der Waals surface area (Å²) in [6, 6.07) is 3.87. The van der Waals surface area contributed by atoms with E-state index in [1.807, 2.05) is 12.1 Å². The SMILES string of the molecule is NCc1ccc(-c2cncnc2)cn1. The van der Waals surface area contributed by atoms with E-state index in [2.05, 4.69) is 15.0 Å². The highest BCUT2D eigenvalue weighted by Gasteiger charge is 1.97. The molecule has 0 aliphatic carbocycles. The Balaban J connectivity index is 2.34. The van der Waals surface area contributed by atoms with Gasteiger partial charge in [-0.3, -0.25) is 4.98 Å². The van der Waals surface area contributed by atoms with E-state index in [9.17, 15) is 0 Å². The Labute approximate surface area is 81.9 Å². The maximum Gasteiger partial charge on any atom is 0.115 e. The molecule has 0 aromatic carbocycles. The standard InChI is InChI=1S/C10H10N4/c11-3-10-2-1-8(6-14-10)9-4-12-7-13-5-9/h1-2,4-7H,3,11H2. The van der Waals surface area contributed by atoms with E-state index >= 15 is 0 Å². The van der Waals surface area contributed by atoms with Gasteiger partial charge in [-0.15, -0.1) is 0 Å². The van der Waals surface area contributed by atoms with Gasteiger partial charge in [-0.2, -0.15) is 0 Å². The third kappa shape index (κ3) is 1.75. The topological polar surface area (TPSA) is 64.7 Å². The maximum absolute atomic E-state index is 5.45. The molecular weight excluding hydrogens is 176 g/mol. The van der Waals surface area contributed by atoms with Crippen molar-refractivity contribution in [2.45, 2.75) is 6.54 Å². The maximum atomic E-state index is 5.45. The van der Waals surface area contributed by atoms with Crippen LogP contribution < -0.4 is 5.73 Å². The van der Waals surface area contributed by atoms with Crippen LogP contribution in [0, 0.1) is 0 Å².